The molecule has 4 aliphatic rings. The zero-order chi connectivity index (χ0) is 37.7. The summed E-state index contributed by atoms with van der Waals surface area (Å²) in [6.07, 6.45) is 15.0. The monoisotopic (exact) mass is 767 g/mol. The van der Waals surface area contributed by atoms with E-state index in [1.54, 1.807) is 6.26 Å². The van der Waals surface area contributed by atoms with Crippen molar-refractivity contribution in [2.45, 2.75) is 136 Å². The van der Waals surface area contributed by atoms with Crippen LogP contribution in [-0.4, -0.2) is 130 Å². The highest BCUT2D eigenvalue weighted by molar-refractivity contribution is 7.93. The highest BCUT2D eigenvalue weighted by Crippen LogP contribution is 2.30. The molecule has 19 heteroatoms. The van der Waals surface area contributed by atoms with E-state index < -0.39 is 34.5 Å². The molecule has 4 bridgehead atoms. The minimum Gasteiger partial charge on any atom is -0.724 e. The molecule has 0 aromatic carbocycles. The number of nitrogens with zero attached hydrogens (tertiary/aromatic N) is 7. The fraction of sp³-hybridized carbons (Fsp3) is 0.875. The van der Waals surface area contributed by atoms with Crippen LogP contribution in [0, 0.1) is 22.7 Å². The molecule has 17 nitrogen and oxygen atoms in total. The number of carbonyl (C=O) groups excluding carboxylic acids is 2. The van der Waals surface area contributed by atoms with Gasteiger partial charge in [-0.25, -0.2) is 28.3 Å². The van der Waals surface area contributed by atoms with Gasteiger partial charge in [0.1, 0.15) is 12.1 Å². The largest absolute Gasteiger partial charge is 0.724 e. The fourth-order valence-corrected chi connectivity index (χ4v) is 6.87. The second-order valence-electron chi connectivity index (χ2n) is 12.7. The number of hydrogen-bond acceptors (Lipinski definition) is 13. The molecular weight excluding hydrogens is 707 g/mol. The average Bonchev–Trinajstić information content (AvgIpc) is 3.48. The number of hydroxylamine groups is 4. The average molecular weight is 768 g/mol. The minimum atomic E-state index is -4.96. The van der Waals surface area contributed by atoms with Crippen LogP contribution in [0.4, 0.5) is 9.59 Å². The van der Waals surface area contributed by atoms with Gasteiger partial charge in [0.05, 0.1) is 50.4 Å². The SMILES string of the molecule is C.CCCC[N+](CCCC)(CCCC)CCCC.CSOOO.N#C[C@@H]1CC[C@@H]2CN1C(=O)N2O.N#C[C@@H]1CC[C@@H]2CN1C(=O)N2OS(=O)(=O)[O-]. The van der Waals surface area contributed by atoms with E-state index in [0.29, 0.717) is 30.9 Å². The van der Waals surface area contributed by atoms with E-state index in [2.05, 4.69) is 41.4 Å². The third kappa shape index (κ3) is 16.0. The van der Waals surface area contributed by atoms with Crippen LogP contribution in [0.2, 0.25) is 0 Å². The molecule has 4 rings (SSSR count). The Morgan fingerprint density at radius 2 is 1.24 bits per heavy atom. The smallest absolute Gasteiger partial charge is 0.346 e. The summed E-state index contributed by atoms with van der Waals surface area (Å²) in [4.78, 5) is 25.4. The molecule has 4 fully saturated rings. The van der Waals surface area contributed by atoms with Gasteiger partial charge in [0.25, 0.3) is 0 Å². The van der Waals surface area contributed by atoms with Gasteiger partial charge in [-0.1, -0.05) is 65.8 Å². The van der Waals surface area contributed by atoms with Crippen molar-refractivity contribution in [3.05, 3.63) is 0 Å². The molecule has 4 amide bonds. The van der Waals surface area contributed by atoms with Crippen LogP contribution in [0.3, 0.4) is 0 Å². The molecular formula is C32H61N7O10S2. The molecule has 0 aromatic heterocycles. The Labute approximate surface area is 309 Å². The van der Waals surface area contributed by atoms with E-state index in [0.717, 1.165) is 23.5 Å². The summed E-state index contributed by atoms with van der Waals surface area (Å²) in [5.41, 5.74) is 0. The predicted molar refractivity (Wildman–Crippen MR) is 190 cm³/mol. The van der Waals surface area contributed by atoms with E-state index in [-0.39, 0.29) is 26.1 Å². The Balaban J connectivity index is 0.000000688. The molecule has 296 valence electrons. The van der Waals surface area contributed by atoms with Gasteiger partial charge in [-0.2, -0.15) is 19.9 Å². The first-order valence-electron chi connectivity index (χ1n) is 17.5. The maximum absolute atomic E-state index is 11.6. The molecule has 0 aromatic rings. The van der Waals surface area contributed by atoms with Crippen LogP contribution >= 0.6 is 12.0 Å². The molecule has 0 spiro atoms. The van der Waals surface area contributed by atoms with Crippen LogP contribution in [0.5, 0.6) is 0 Å². The van der Waals surface area contributed by atoms with Gasteiger partial charge in [-0.15, -0.1) is 4.33 Å². The Hall–Kier alpha value is -2.46. The molecule has 0 unspecified atom stereocenters. The molecule has 2 N–H and O–H groups in total. The number of unbranched alkanes of at least 4 members (excludes halogenated alkanes) is 4. The maximum Gasteiger partial charge on any atom is 0.346 e. The lowest BCUT2D eigenvalue weighted by Gasteiger charge is -2.39. The van der Waals surface area contributed by atoms with E-state index >= 15 is 0 Å². The zero-order valence-electron chi connectivity index (χ0n) is 30.1. The van der Waals surface area contributed by atoms with Crippen LogP contribution in [0.15, 0.2) is 0 Å². The number of urea groups is 2. The van der Waals surface area contributed by atoms with Crippen LogP contribution < -0.4 is 0 Å². The lowest BCUT2D eigenvalue weighted by Crippen LogP contribution is -2.50. The fourth-order valence-electron chi connectivity index (χ4n) is 6.42. The van der Waals surface area contributed by atoms with Gasteiger partial charge in [-0.05, 0) is 51.4 Å². The number of piperidine rings is 2. The molecule has 4 aliphatic heterocycles. The van der Waals surface area contributed by atoms with Crippen LogP contribution in [0.25, 0.3) is 0 Å². The van der Waals surface area contributed by atoms with E-state index in [9.17, 15) is 27.8 Å². The summed E-state index contributed by atoms with van der Waals surface area (Å²) in [6.45, 7) is 15.7. The van der Waals surface area contributed by atoms with Gasteiger partial charge in [0.15, 0.2) is 0 Å². The normalized spacial score (nSPS) is 22.0. The molecule has 4 saturated heterocycles. The van der Waals surface area contributed by atoms with Crippen LogP contribution in [0.1, 0.15) is 112 Å². The Morgan fingerprint density at radius 3 is 1.59 bits per heavy atom. The number of quaternary nitrogens is 1. The molecule has 4 heterocycles. The van der Waals surface area contributed by atoms with Gasteiger partial charge in [0.2, 0.25) is 10.4 Å². The third-order valence-electron chi connectivity index (χ3n) is 9.18. The highest BCUT2D eigenvalue weighted by atomic mass is 32.3. The van der Waals surface area contributed by atoms with E-state index in [1.165, 1.54) is 91.8 Å². The first-order valence-corrected chi connectivity index (χ1v) is 20.0. The first-order chi connectivity index (χ1) is 23.8. The van der Waals surface area contributed by atoms with E-state index in [1.807, 2.05) is 12.1 Å². The highest BCUT2D eigenvalue weighted by Gasteiger charge is 2.47. The third-order valence-corrected chi connectivity index (χ3v) is 9.72. The van der Waals surface area contributed by atoms with Crippen molar-refractivity contribution in [3.8, 4) is 12.1 Å². The van der Waals surface area contributed by atoms with Gasteiger partial charge in [-0.3, -0.25) is 5.21 Å². The van der Waals surface area contributed by atoms with Gasteiger partial charge >= 0.3 is 12.1 Å². The maximum atomic E-state index is 11.6. The second kappa shape index (κ2) is 25.5. The molecule has 0 radical (unpaired) electrons. The standard InChI is InChI=1S/C16H36N.C7H9N3O5S.C7H9N3O2.CH4O3S.CH4/c1-5-9-13-17(14-10-6-2,15-11-7-3)16-12-8-4;8-3-5-1-2-6-4-9(5)7(11)10(6)15-16(12,13)14;8-3-5-1-2-6-4-9(5)7(11)10(6)12;1-5-4-3-2;/h5-16H2,1-4H3;5-6H,1-2,4H2,(H,12,13,14);5-6,12H,1-2,4H2;2H,1H3;1H4/q+1;;;;/p-1/t;2*5-,6+;;/m.00../s1. The quantitative estimate of drug-likeness (QED) is 0.0369. The summed E-state index contributed by atoms with van der Waals surface area (Å²) in [5.74, 6) is 0. The molecule has 0 aliphatic carbocycles. The van der Waals surface area contributed by atoms with E-state index in [4.69, 9.17) is 15.8 Å². The molecule has 4 atom stereocenters. The van der Waals surface area contributed by atoms with Crippen LogP contribution in [-0.2, 0) is 24.1 Å². The topological polar surface area (TPSA) is 220 Å². The van der Waals surface area contributed by atoms with Crippen molar-refractivity contribution >= 4 is 34.5 Å². The van der Waals surface area contributed by atoms with Gasteiger partial charge < -0.3 is 18.8 Å². The number of amides is 4. The number of carbonyl (C=O) groups is 2. The van der Waals surface area contributed by atoms with Crippen molar-refractivity contribution in [3.63, 3.8) is 0 Å². The summed E-state index contributed by atoms with van der Waals surface area (Å²) >= 11 is 0.929. The zero-order valence-corrected chi connectivity index (χ0v) is 31.8. The van der Waals surface area contributed by atoms with Crippen molar-refractivity contribution in [1.82, 2.24) is 19.9 Å². The first kappa shape index (κ1) is 48.5. The number of fused-ring (bicyclic) bond motifs is 4. The lowest BCUT2D eigenvalue weighted by atomic mass is 10.0. The van der Waals surface area contributed by atoms with Gasteiger partial charge in [0, 0.05) is 31.4 Å². The predicted octanol–water partition coefficient (Wildman–Crippen LogP) is 5.66. The number of hydrogen-bond donors (Lipinski definition) is 2. The summed E-state index contributed by atoms with van der Waals surface area (Å²) in [5, 5.41) is 38.4. The second-order valence-corrected chi connectivity index (χ2v) is 14.2. The summed E-state index contributed by atoms with van der Waals surface area (Å²) in [6, 6.07) is 1.34. The van der Waals surface area contributed by atoms with Crippen molar-refractivity contribution in [2.24, 2.45) is 0 Å². The number of nitriles is 2. The Kier molecular flexibility index (Phi) is 24.3. The molecule has 51 heavy (non-hydrogen) atoms. The minimum absolute atomic E-state index is 0. The lowest BCUT2D eigenvalue weighted by molar-refractivity contribution is -0.929. The van der Waals surface area contributed by atoms with Crippen molar-refractivity contribution < 1.29 is 51.2 Å². The summed E-state index contributed by atoms with van der Waals surface area (Å²) < 4.78 is 40.5. The molecule has 0 saturated carbocycles. The number of rotatable bonds is 16. The summed E-state index contributed by atoms with van der Waals surface area (Å²) in [7, 11) is -4.96. The van der Waals surface area contributed by atoms with Crippen molar-refractivity contribution in [2.75, 3.05) is 45.5 Å². The Bertz CT molecular complexity index is 1160. The van der Waals surface area contributed by atoms with Crippen molar-refractivity contribution in [1.29, 1.82) is 10.5 Å². The Morgan fingerprint density at radius 1 is 0.824 bits per heavy atom.